The molecule has 0 unspecified atom stereocenters. The van der Waals surface area contributed by atoms with Crippen LogP contribution >= 0.6 is 0 Å². The molecule has 0 saturated carbocycles. The van der Waals surface area contributed by atoms with Gasteiger partial charge in [0, 0.05) is 22.9 Å². The minimum Gasteiger partial charge on any atom is -0.478 e. The Labute approximate surface area is 183 Å². The number of carboxylic acids is 1. The van der Waals surface area contributed by atoms with Crippen molar-refractivity contribution in [3.63, 3.8) is 0 Å². The highest BCUT2D eigenvalue weighted by Gasteiger charge is 2.14. The lowest BCUT2D eigenvalue weighted by Gasteiger charge is -2.06. The maximum atomic E-state index is 14.7. The lowest BCUT2D eigenvalue weighted by atomic mass is 10.0. The van der Waals surface area contributed by atoms with E-state index in [2.05, 4.69) is 5.32 Å². The summed E-state index contributed by atoms with van der Waals surface area (Å²) in [5.41, 5.74) is 2.88. The van der Waals surface area contributed by atoms with Crippen LogP contribution in [0.15, 0.2) is 95.4 Å². The lowest BCUT2D eigenvalue weighted by molar-refractivity contribution is -0.131. The summed E-state index contributed by atoms with van der Waals surface area (Å²) in [5, 5.41) is 11.4. The van der Waals surface area contributed by atoms with Gasteiger partial charge >= 0.3 is 5.97 Å². The first-order chi connectivity index (χ1) is 15.5. The fourth-order valence-electron chi connectivity index (χ4n) is 3.22. The highest BCUT2D eigenvalue weighted by atomic mass is 19.1. The zero-order valence-corrected chi connectivity index (χ0v) is 16.8. The fourth-order valence-corrected chi connectivity index (χ4v) is 3.22. The van der Waals surface area contributed by atoms with Crippen LogP contribution in [0.25, 0.3) is 28.5 Å². The van der Waals surface area contributed by atoms with E-state index in [4.69, 9.17) is 9.52 Å². The number of carbonyl (C=O) groups excluding carboxylic acids is 1. The minimum absolute atomic E-state index is 0.0685. The number of nitrogens with one attached hydrogen (secondary N) is 1. The van der Waals surface area contributed by atoms with Crippen LogP contribution in [0.4, 0.5) is 10.1 Å². The number of anilines is 1. The molecule has 0 saturated heterocycles. The van der Waals surface area contributed by atoms with Crippen LogP contribution in [0.2, 0.25) is 0 Å². The van der Waals surface area contributed by atoms with Gasteiger partial charge in [-0.15, -0.1) is 0 Å². The zero-order chi connectivity index (χ0) is 22.5. The Morgan fingerprint density at radius 3 is 2.44 bits per heavy atom. The minimum atomic E-state index is -1.06. The van der Waals surface area contributed by atoms with Gasteiger partial charge in [0.05, 0.1) is 0 Å². The van der Waals surface area contributed by atoms with Crippen molar-refractivity contribution in [3.05, 3.63) is 108 Å². The van der Waals surface area contributed by atoms with Gasteiger partial charge in [-0.05, 0) is 47.5 Å². The maximum Gasteiger partial charge on any atom is 0.328 e. The molecule has 0 bridgehead atoms. The van der Waals surface area contributed by atoms with Crippen LogP contribution in [-0.4, -0.2) is 17.0 Å². The molecule has 5 nitrogen and oxygen atoms in total. The number of amides is 1. The number of rotatable bonds is 6. The molecule has 0 aliphatic heterocycles. The van der Waals surface area contributed by atoms with Crippen molar-refractivity contribution in [1.29, 1.82) is 0 Å². The van der Waals surface area contributed by atoms with Gasteiger partial charge in [-0.25, -0.2) is 9.18 Å². The number of aliphatic carboxylic acids is 1. The van der Waals surface area contributed by atoms with Crippen LogP contribution < -0.4 is 5.32 Å². The van der Waals surface area contributed by atoms with E-state index in [0.29, 0.717) is 28.1 Å². The molecule has 0 aliphatic rings. The van der Waals surface area contributed by atoms with Crippen molar-refractivity contribution in [2.24, 2.45) is 0 Å². The smallest absolute Gasteiger partial charge is 0.328 e. The molecule has 0 aliphatic carbocycles. The first kappa shape index (κ1) is 20.8. The largest absolute Gasteiger partial charge is 0.478 e. The van der Waals surface area contributed by atoms with Crippen LogP contribution in [0.3, 0.4) is 0 Å². The third-order valence-corrected chi connectivity index (χ3v) is 4.73. The maximum absolute atomic E-state index is 14.7. The summed E-state index contributed by atoms with van der Waals surface area (Å²) in [6.45, 7) is 0. The van der Waals surface area contributed by atoms with Gasteiger partial charge in [0.2, 0.25) is 0 Å². The molecule has 1 aromatic heterocycles. The SMILES string of the molecule is O=C(O)/C=C/c1cccc(NC(=O)c2ccc(-c3ccc(-c4ccccc4)c(F)c3)o2)c1. The van der Waals surface area contributed by atoms with E-state index < -0.39 is 11.9 Å². The predicted octanol–water partition coefficient (Wildman–Crippen LogP) is 6.10. The van der Waals surface area contributed by atoms with Gasteiger partial charge < -0.3 is 14.8 Å². The number of carboxylic acid groups (broad SMARTS) is 1. The number of benzene rings is 3. The average molecular weight is 427 g/mol. The molecular weight excluding hydrogens is 409 g/mol. The molecule has 0 spiro atoms. The van der Waals surface area contributed by atoms with Crippen molar-refractivity contribution < 1.29 is 23.5 Å². The Balaban J connectivity index is 1.50. The van der Waals surface area contributed by atoms with Crippen LogP contribution in [-0.2, 0) is 4.79 Å². The van der Waals surface area contributed by atoms with Crippen LogP contribution in [0, 0.1) is 5.82 Å². The molecule has 6 heteroatoms. The van der Waals surface area contributed by atoms with Crippen molar-refractivity contribution in [2.45, 2.75) is 0 Å². The molecule has 4 aromatic rings. The van der Waals surface area contributed by atoms with E-state index in [0.717, 1.165) is 11.6 Å². The quantitative estimate of drug-likeness (QED) is 0.364. The molecule has 1 amide bonds. The van der Waals surface area contributed by atoms with Gasteiger partial charge in [-0.2, -0.15) is 0 Å². The normalized spacial score (nSPS) is 10.9. The molecule has 0 fully saturated rings. The Bertz CT molecular complexity index is 1310. The summed E-state index contributed by atoms with van der Waals surface area (Å²) < 4.78 is 20.3. The monoisotopic (exact) mass is 427 g/mol. The Hall–Kier alpha value is -4.45. The van der Waals surface area contributed by atoms with Crippen molar-refractivity contribution >= 4 is 23.6 Å². The number of hydrogen-bond donors (Lipinski definition) is 2. The molecule has 2 N–H and O–H groups in total. The third-order valence-electron chi connectivity index (χ3n) is 4.73. The van der Waals surface area contributed by atoms with E-state index >= 15 is 0 Å². The summed E-state index contributed by atoms with van der Waals surface area (Å²) in [7, 11) is 0. The molecular formula is C26H18FNO4. The summed E-state index contributed by atoms with van der Waals surface area (Å²) in [6.07, 6.45) is 2.44. The molecule has 0 radical (unpaired) electrons. The van der Waals surface area contributed by atoms with E-state index in [1.165, 1.54) is 18.2 Å². The van der Waals surface area contributed by atoms with E-state index in [1.54, 1.807) is 42.5 Å². The predicted molar refractivity (Wildman–Crippen MR) is 121 cm³/mol. The Morgan fingerprint density at radius 1 is 0.875 bits per heavy atom. The molecule has 0 atom stereocenters. The zero-order valence-electron chi connectivity index (χ0n) is 16.8. The molecule has 3 aromatic carbocycles. The van der Waals surface area contributed by atoms with Crippen molar-refractivity contribution in [1.82, 2.24) is 0 Å². The van der Waals surface area contributed by atoms with E-state index in [9.17, 15) is 14.0 Å². The van der Waals surface area contributed by atoms with Crippen molar-refractivity contribution in [2.75, 3.05) is 5.32 Å². The Kier molecular flexibility index (Phi) is 5.94. The van der Waals surface area contributed by atoms with E-state index in [-0.39, 0.29) is 11.6 Å². The molecule has 1 heterocycles. The number of carbonyl (C=O) groups is 2. The van der Waals surface area contributed by atoms with Crippen molar-refractivity contribution in [3.8, 4) is 22.5 Å². The van der Waals surface area contributed by atoms with Gasteiger partial charge in [0.1, 0.15) is 11.6 Å². The number of halogens is 1. The second-order valence-corrected chi connectivity index (χ2v) is 6.98. The van der Waals surface area contributed by atoms with Gasteiger partial charge in [-0.1, -0.05) is 54.6 Å². The van der Waals surface area contributed by atoms with Gasteiger partial charge in [0.25, 0.3) is 5.91 Å². The number of furan rings is 1. The number of hydrogen-bond acceptors (Lipinski definition) is 3. The summed E-state index contributed by atoms with van der Waals surface area (Å²) in [4.78, 5) is 23.2. The summed E-state index contributed by atoms with van der Waals surface area (Å²) in [5.74, 6) is -1.49. The lowest BCUT2D eigenvalue weighted by Crippen LogP contribution is -2.10. The second-order valence-electron chi connectivity index (χ2n) is 6.98. The first-order valence-corrected chi connectivity index (χ1v) is 9.77. The highest BCUT2D eigenvalue weighted by Crippen LogP contribution is 2.29. The molecule has 4 rings (SSSR count). The van der Waals surface area contributed by atoms with Crippen LogP contribution in [0.1, 0.15) is 16.1 Å². The Morgan fingerprint density at radius 2 is 1.69 bits per heavy atom. The molecule has 32 heavy (non-hydrogen) atoms. The third kappa shape index (κ3) is 4.82. The topological polar surface area (TPSA) is 79.5 Å². The van der Waals surface area contributed by atoms with Gasteiger partial charge in [0.15, 0.2) is 5.76 Å². The van der Waals surface area contributed by atoms with Gasteiger partial charge in [-0.3, -0.25) is 4.79 Å². The highest BCUT2D eigenvalue weighted by molar-refractivity contribution is 6.02. The first-order valence-electron chi connectivity index (χ1n) is 9.77. The second kappa shape index (κ2) is 9.14. The van der Waals surface area contributed by atoms with E-state index in [1.807, 2.05) is 30.3 Å². The summed E-state index contributed by atoms with van der Waals surface area (Å²) in [6, 6.07) is 23.9. The molecule has 158 valence electrons. The summed E-state index contributed by atoms with van der Waals surface area (Å²) >= 11 is 0. The fraction of sp³-hybridized carbons (Fsp3) is 0. The van der Waals surface area contributed by atoms with Crippen LogP contribution in [0.5, 0.6) is 0 Å². The standard InChI is InChI=1S/C26H18FNO4/c27-22-16-19(10-11-21(22)18-6-2-1-3-7-18)23-12-13-24(32-23)26(31)28-20-8-4-5-17(15-20)9-14-25(29)30/h1-16H,(H,28,31)(H,29,30)/b14-9+. The average Bonchev–Trinajstić information content (AvgIpc) is 3.29.